The Bertz CT molecular complexity index is 557. The molecule has 0 amide bonds. The zero-order valence-electron chi connectivity index (χ0n) is 14.1. The molecule has 0 unspecified atom stereocenters. The Morgan fingerprint density at radius 1 is 1.36 bits per heavy atom. The molecule has 0 aliphatic carbocycles. The summed E-state index contributed by atoms with van der Waals surface area (Å²) in [5, 5.41) is 0. The van der Waals surface area contributed by atoms with Gasteiger partial charge in [0.2, 0.25) is 0 Å². The lowest BCUT2D eigenvalue weighted by molar-refractivity contribution is 0.0436. The number of carbonyl (C=O) groups is 1. The van der Waals surface area contributed by atoms with E-state index in [0.29, 0.717) is 30.0 Å². The molecule has 1 aromatic rings. The van der Waals surface area contributed by atoms with Crippen LogP contribution in [0.25, 0.3) is 0 Å². The van der Waals surface area contributed by atoms with E-state index in [1.54, 1.807) is 13.8 Å². The topological polar surface area (TPSA) is 55.3 Å². The lowest BCUT2D eigenvalue weighted by Crippen LogP contribution is -2.23. The van der Waals surface area contributed by atoms with E-state index in [2.05, 4.69) is 40.6 Å². The van der Waals surface area contributed by atoms with Gasteiger partial charge in [-0.1, -0.05) is 32.6 Å². The van der Waals surface area contributed by atoms with E-state index in [1.807, 2.05) is 6.92 Å². The molecule has 0 spiro atoms. The number of aryl methyl sites for hydroxylation is 2. The van der Waals surface area contributed by atoms with Crippen molar-refractivity contribution in [3.05, 3.63) is 23.3 Å². The summed E-state index contributed by atoms with van der Waals surface area (Å²) < 4.78 is 5.36. The Hall–Kier alpha value is -1.93. The van der Waals surface area contributed by atoms with E-state index in [1.165, 1.54) is 6.20 Å². The molecule has 1 atom stereocenters. The van der Waals surface area contributed by atoms with Crippen molar-refractivity contribution in [2.24, 2.45) is 0 Å². The molecule has 0 aliphatic rings. The maximum absolute atomic E-state index is 12.2. The minimum atomic E-state index is -0.450. The zero-order chi connectivity index (χ0) is 16.5. The molecule has 5 heteroatoms. The first-order valence-electron chi connectivity index (χ1n) is 7.75. The molecule has 0 bridgehead atoms. The number of esters is 1. The molecule has 0 aliphatic heterocycles. The molecule has 1 heterocycles. The van der Waals surface area contributed by atoms with E-state index in [-0.39, 0.29) is 0 Å². The predicted molar refractivity (Wildman–Crippen MR) is 86.6 cm³/mol. The highest BCUT2D eigenvalue weighted by Crippen LogP contribution is 2.09. The summed E-state index contributed by atoms with van der Waals surface area (Å²) in [6.07, 6.45) is 1.74. The molecule has 1 aromatic heterocycles. The second kappa shape index (κ2) is 9.16. The maximum Gasteiger partial charge on any atom is 0.342 e. The smallest absolute Gasteiger partial charge is 0.342 e. The van der Waals surface area contributed by atoms with Crippen LogP contribution >= 0.6 is 0 Å². The van der Waals surface area contributed by atoms with Crippen molar-refractivity contribution in [3.8, 4) is 11.8 Å². The first-order valence-corrected chi connectivity index (χ1v) is 7.75. The molecule has 1 rings (SSSR count). The lowest BCUT2D eigenvalue weighted by Gasteiger charge is -2.13. The quantitative estimate of drug-likeness (QED) is 0.596. The van der Waals surface area contributed by atoms with Crippen LogP contribution in [0.5, 0.6) is 0 Å². The summed E-state index contributed by atoms with van der Waals surface area (Å²) in [6, 6.07) is 0. The number of rotatable bonds is 6. The summed E-state index contributed by atoms with van der Waals surface area (Å²) in [6.45, 7) is 12.3. The van der Waals surface area contributed by atoms with Crippen LogP contribution in [0.2, 0.25) is 0 Å². The van der Waals surface area contributed by atoms with Gasteiger partial charge in [0.1, 0.15) is 5.82 Å². The van der Waals surface area contributed by atoms with E-state index in [4.69, 9.17) is 4.74 Å². The second-order valence-corrected chi connectivity index (χ2v) is 4.96. The average molecular weight is 303 g/mol. The van der Waals surface area contributed by atoms with E-state index >= 15 is 0 Å². The molecule has 0 saturated carbocycles. The van der Waals surface area contributed by atoms with Gasteiger partial charge in [-0.3, -0.25) is 4.90 Å². The van der Waals surface area contributed by atoms with Crippen molar-refractivity contribution in [2.45, 2.75) is 47.1 Å². The van der Waals surface area contributed by atoms with Crippen molar-refractivity contribution >= 4 is 5.97 Å². The molecular weight excluding hydrogens is 278 g/mol. The minimum Gasteiger partial charge on any atom is -0.446 e. The largest absolute Gasteiger partial charge is 0.446 e. The van der Waals surface area contributed by atoms with Crippen molar-refractivity contribution in [3.63, 3.8) is 0 Å². The molecule has 22 heavy (non-hydrogen) atoms. The Morgan fingerprint density at radius 3 is 2.64 bits per heavy atom. The van der Waals surface area contributed by atoms with Crippen molar-refractivity contribution in [1.29, 1.82) is 0 Å². The van der Waals surface area contributed by atoms with Crippen LogP contribution in [0.15, 0.2) is 6.20 Å². The van der Waals surface area contributed by atoms with Crippen molar-refractivity contribution in [2.75, 3.05) is 19.6 Å². The lowest BCUT2D eigenvalue weighted by atomic mass is 10.2. The number of nitrogens with zero attached hydrogens (tertiary/aromatic N) is 3. The number of hydrogen-bond acceptors (Lipinski definition) is 5. The Labute approximate surface area is 133 Å². The number of carbonyl (C=O) groups excluding carboxylic acids is 1. The number of hydrogen-bond donors (Lipinski definition) is 0. The standard InChI is InChI=1S/C17H25N3O2/c1-6-16-15(12-18-14(5)19-16)17(21)22-13(4)10-9-11-20(7-2)8-3/h12-13H,6-8,11H2,1-5H3/t13-/m1/s1. The highest BCUT2D eigenvalue weighted by Gasteiger charge is 2.16. The molecular formula is C17H25N3O2. The van der Waals surface area contributed by atoms with Crippen LogP contribution in [0, 0.1) is 18.8 Å². The summed E-state index contributed by atoms with van der Waals surface area (Å²) in [5.74, 6) is 6.24. The van der Waals surface area contributed by atoms with Gasteiger partial charge in [-0.15, -0.1) is 0 Å². The van der Waals surface area contributed by atoms with Gasteiger partial charge in [0.15, 0.2) is 6.10 Å². The SMILES string of the molecule is CCc1nc(C)ncc1C(=O)O[C@H](C)C#CCN(CC)CC. The van der Waals surface area contributed by atoms with Gasteiger partial charge in [-0.05, 0) is 33.4 Å². The average Bonchev–Trinajstić information content (AvgIpc) is 2.51. The maximum atomic E-state index is 12.2. The summed E-state index contributed by atoms with van der Waals surface area (Å²) >= 11 is 0. The molecule has 5 nitrogen and oxygen atoms in total. The molecule has 0 saturated heterocycles. The molecule has 0 fully saturated rings. The fourth-order valence-corrected chi connectivity index (χ4v) is 1.96. The number of ether oxygens (including phenoxy) is 1. The van der Waals surface area contributed by atoms with Crippen LogP contribution in [0.1, 0.15) is 49.6 Å². The van der Waals surface area contributed by atoms with Crippen molar-refractivity contribution in [1.82, 2.24) is 14.9 Å². The van der Waals surface area contributed by atoms with Gasteiger partial charge < -0.3 is 4.74 Å². The first kappa shape index (κ1) is 18.1. The van der Waals surface area contributed by atoms with Crippen LogP contribution in [-0.4, -0.2) is 46.6 Å². The molecule has 0 N–H and O–H groups in total. The van der Waals surface area contributed by atoms with Gasteiger partial charge in [0, 0.05) is 6.20 Å². The Balaban J connectivity index is 2.67. The van der Waals surface area contributed by atoms with Crippen LogP contribution in [-0.2, 0) is 11.2 Å². The van der Waals surface area contributed by atoms with Gasteiger partial charge in [-0.25, -0.2) is 14.8 Å². The highest BCUT2D eigenvalue weighted by molar-refractivity contribution is 5.90. The highest BCUT2D eigenvalue weighted by atomic mass is 16.5. The van der Waals surface area contributed by atoms with Gasteiger partial charge in [0.05, 0.1) is 17.8 Å². The fourth-order valence-electron chi connectivity index (χ4n) is 1.96. The van der Waals surface area contributed by atoms with Gasteiger partial charge in [0.25, 0.3) is 0 Å². The number of aromatic nitrogens is 2. The molecule has 0 radical (unpaired) electrons. The summed E-state index contributed by atoms with van der Waals surface area (Å²) in [5.41, 5.74) is 1.13. The van der Waals surface area contributed by atoms with Gasteiger partial charge in [-0.2, -0.15) is 0 Å². The fraction of sp³-hybridized carbons (Fsp3) is 0.588. The third-order valence-corrected chi connectivity index (χ3v) is 3.33. The van der Waals surface area contributed by atoms with E-state index in [9.17, 15) is 4.79 Å². The minimum absolute atomic E-state index is 0.415. The molecule has 0 aromatic carbocycles. The normalized spacial score (nSPS) is 11.7. The van der Waals surface area contributed by atoms with Crippen LogP contribution in [0.4, 0.5) is 0 Å². The van der Waals surface area contributed by atoms with Crippen LogP contribution in [0.3, 0.4) is 0 Å². The third-order valence-electron chi connectivity index (χ3n) is 3.33. The second-order valence-electron chi connectivity index (χ2n) is 4.96. The van der Waals surface area contributed by atoms with Gasteiger partial charge >= 0.3 is 5.97 Å². The zero-order valence-corrected chi connectivity index (χ0v) is 14.1. The van der Waals surface area contributed by atoms with Crippen LogP contribution < -0.4 is 0 Å². The Morgan fingerprint density at radius 2 is 2.05 bits per heavy atom. The third kappa shape index (κ3) is 5.45. The summed E-state index contributed by atoms with van der Waals surface area (Å²) in [7, 11) is 0. The predicted octanol–water partition coefficient (Wildman–Crippen LogP) is 2.24. The van der Waals surface area contributed by atoms with Crippen molar-refractivity contribution < 1.29 is 9.53 Å². The monoisotopic (exact) mass is 303 g/mol. The van der Waals surface area contributed by atoms with E-state index < -0.39 is 12.1 Å². The first-order chi connectivity index (χ1) is 10.5. The molecule has 120 valence electrons. The van der Waals surface area contributed by atoms with E-state index in [0.717, 1.165) is 13.1 Å². The Kier molecular flexibility index (Phi) is 7.55. The summed E-state index contributed by atoms with van der Waals surface area (Å²) in [4.78, 5) is 22.7.